The molecule has 0 fully saturated rings. The monoisotopic (exact) mass is 363 g/mol. The maximum atomic E-state index is 12.6. The van der Waals surface area contributed by atoms with Gasteiger partial charge < -0.3 is 19.9 Å². The molecule has 1 aromatic rings. The second-order valence-corrected chi connectivity index (χ2v) is 7.77. The summed E-state index contributed by atoms with van der Waals surface area (Å²) in [6.45, 7) is 10.9. The molecule has 6 nitrogen and oxygen atoms in total. The molecule has 6 heteroatoms. The first-order valence-electron chi connectivity index (χ1n) is 9.02. The number of carbonyl (C=O) groups is 2. The fourth-order valence-corrected chi connectivity index (χ4v) is 2.50. The van der Waals surface area contributed by atoms with Crippen LogP contribution in [0.4, 0.5) is 4.79 Å². The Morgan fingerprint density at radius 1 is 1.08 bits per heavy atom. The van der Waals surface area contributed by atoms with Crippen molar-refractivity contribution in [3.05, 3.63) is 35.4 Å². The lowest BCUT2D eigenvalue weighted by molar-refractivity contribution is -0.133. The third-order valence-electron chi connectivity index (χ3n) is 3.69. The molecule has 0 unspecified atom stereocenters. The van der Waals surface area contributed by atoms with Crippen LogP contribution < -0.4 is 5.32 Å². The summed E-state index contributed by atoms with van der Waals surface area (Å²) in [6.07, 6.45) is -0.581. The highest BCUT2D eigenvalue weighted by Gasteiger charge is 2.24. The lowest BCUT2D eigenvalue weighted by Crippen LogP contribution is -2.47. The summed E-state index contributed by atoms with van der Waals surface area (Å²) in [4.78, 5) is 28.3. The second kappa shape index (κ2) is 9.57. The van der Waals surface area contributed by atoms with Crippen LogP contribution in [0, 0.1) is 0 Å². The molecule has 0 spiro atoms. The van der Waals surface area contributed by atoms with Gasteiger partial charge in [0.25, 0.3) is 0 Å². The number of amides is 2. The Bertz CT molecular complexity index is 591. The summed E-state index contributed by atoms with van der Waals surface area (Å²) in [5.74, 6) is -0.129. The Morgan fingerprint density at radius 2 is 1.58 bits per heavy atom. The fourth-order valence-electron chi connectivity index (χ4n) is 2.50. The molecule has 0 saturated heterocycles. The smallest absolute Gasteiger partial charge is 0.408 e. The van der Waals surface area contributed by atoms with Gasteiger partial charge in [0, 0.05) is 19.6 Å². The van der Waals surface area contributed by atoms with Gasteiger partial charge in [0.15, 0.2) is 0 Å². The predicted molar refractivity (Wildman–Crippen MR) is 104 cm³/mol. The zero-order valence-electron chi connectivity index (χ0n) is 17.1. The van der Waals surface area contributed by atoms with Crippen LogP contribution in [0.25, 0.3) is 0 Å². The van der Waals surface area contributed by atoms with Gasteiger partial charge in [-0.25, -0.2) is 4.79 Å². The molecule has 0 aliphatic carbocycles. The van der Waals surface area contributed by atoms with Crippen LogP contribution in [0.3, 0.4) is 0 Å². The fraction of sp³-hybridized carbons (Fsp3) is 0.600. The first-order chi connectivity index (χ1) is 12.0. The number of nitrogens with zero attached hydrogens (tertiary/aromatic N) is 2. The molecule has 146 valence electrons. The normalized spacial score (nSPS) is 12.6. The molecule has 0 radical (unpaired) electrons. The Kier molecular flexibility index (Phi) is 8.08. The molecule has 0 saturated carbocycles. The predicted octanol–water partition coefficient (Wildman–Crippen LogP) is 3.01. The van der Waals surface area contributed by atoms with E-state index in [1.165, 1.54) is 5.56 Å². The van der Waals surface area contributed by atoms with Crippen LogP contribution in [0.5, 0.6) is 0 Å². The van der Waals surface area contributed by atoms with Crippen molar-refractivity contribution in [2.24, 2.45) is 0 Å². The highest BCUT2D eigenvalue weighted by Crippen LogP contribution is 2.11. The molecule has 0 bridgehead atoms. The highest BCUT2D eigenvalue weighted by atomic mass is 16.6. The van der Waals surface area contributed by atoms with Crippen LogP contribution in [0.1, 0.15) is 45.7 Å². The number of benzene rings is 1. The standard InChI is InChI=1S/C20H33N3O3/c1-8-23(14-17-11-9-16(10-12-17)13-22(6)7)18(24)15(2)21-19(25)26-20(3,4)5/h9-12,15H,8,13-14H2,1-7H3,(H,21,25)/t15-/m1/s1. The zero-order chi connectivity index (χ0) is 19.9. The van der Waals surface area contributed by atoms with Crippen molar-refractivity contribution < 1.29 is 14.3 Å². The van der Waals surface area contributed by atoms with Gasteiger partial charge >= 0.3 is 6.09 Å². The Hall–Kier alpha value is -2.08. The Balaban J connectivity index is 2.66. The molecule has 1 atom stereocenters. The Labute approximate surface area is 157 Å². The average Bonchev–Trinajstić information content (AvgIpc) is 2.51. The van der Waals surface area contributed by atoms with Crippen molar-refractivity contribution in [1.82, 2.24) is 15.1 Å². The first-order valence-corrected chi connectivity index (χ1v) is 9.02. The molecule has 0 heterocycles. The van der Waals surface area contributed by atoms with E-state index in [4.69, 9.17) is 4.74 Å². The summed E-state index contributed by atoms with van der Waals surface area (Å²) < 4.78 is 5.21. The number of alkyl carbamates (subject to hydrolysis) is 1. The number of ether oxygens (including phenoxy) is 1. The molecule has 0 aliphatic rings. The van der Waals surface area contributed by atoms with Gasteiger partial charge in [0.05, 0.1) is 0 Å². The topological polar surface area (TPSA) is 61.9 Å². The molecule has 1 rings (SSSR count). The molecule has 1 aromatic carbocycles. The lowest BCUT2D eigenvalue weighted by atomic mass is 10.1. The van der Waals surface area contributed by atoms with Gasteiger partial charge in [-0.1, -0.05) is 24.3 Å². The van der Waals surface area contributed by atoms with E-state index < -0.39 is 17.7 Å². The van der Waals surface area contributed by atoms with Gasteiger partial charge in [-0.05, 0) is 59.8 Å². The van der Waals surface area contributed by atoms with E-state index in [9.17, 15) is 9.59 Å². The summed E-state index contributed by atoms with van der Waals surface area (Å²) in [7, 11) is 4.06. The zero-order valence-corrected chi connectivity index (χ0v) is 17.1. The number of rotatable bonds is 7. The number of hydrogen-bond donors (Lipinski definition) is 1. The van der Waals surface area contributed by atoms with Crippen LogP contribution in [0.2, 0.25) is 0 Å². The summed E-state index contributed by atoms with van der Waals surface area (Å²) in [6, 6.07) is 7.60. The second-order valence-electron chi connectivity index (χ2n) is 7.77. The minimum absolute atomic E-state index is 0.129. The molecule has 1 N–H and O–H groups in total. The van der Waals surface area contributed by atoms with Crippen LogP contribution >= 0.6 is 0 Å². The van der Waals surface area contributed by atoms with E-state index in [-0.39, 0.29) is 5.91 Å². The van der Waals surface area contributed by atoms with Gasteiger partial charge in [0.2, 0.25) is 5.91 Å². The Morgan fingerprint density at radius 3 is 2.00 bits per heavy atom. The van der Waals surface area contributed by atoms with Crippen molar-refractivity contribution in [2.75, 3.05) is 20.6 Å². The van der Waals surface area contributed by atoms with Crippen molar-refractivity contribution >= 4 is 12.0 Å². The van der Waals surface area contributed by atoms with Gasteiger partial charge in [-0.2, -0.15) is 0 Å². The number of nitrogens with one attached hydrogen (secondary N) is 1. The van der Waals surface area contributed by atoms with E-state index in [1.54, 1.807) is 32.6 Å². The largest absolute Gasteiger partial charge is 0.444 e. The van der Waals surface area contributed by atoms with Gasteiger partial charge in [-0.15, -0.1) is 0 Å². The number of likely N-dealkylation sites (N-methyl/N-ethyl adjacent to an activating group) is 1. The van der Waals surface area contributed by atoms with Crippen LogP contribution in [0.15, 0.2) is 24.3 Å². The molecule has 0 aliphatic heterocycles. The minimum atomic E-state index is -0.641. The first kappa shape index (κ1) is 22.0. The SMILES string of the molecule is CCN(Cc1ccc(CN(C)C)cc1)C(=O)[C@@H](C)NC(=O)OC(C)(C)C. The summed E-state index contributed by atoms with van der Waals surface area (Å²) >= 11 is 0. The third-order valence-corrected chi connectivity index (χ3v) is 3.69. The minimum Gasteiger partial charge on any atom is -0.444 e. The maximum Gasteiger partial charge on any atom is 0.408 e. The van der Waals surface area contributed by atoms with E-state index in [0.717, 1.165) is 12.1 Å². The highest BCUT2D eigenvalue weighted by molar-refractivity contribution is 5.85. The average molecular weight is 364 g/mol. The quantitative estimate of drug-likeness (QED) is 0.809. The van der Waals surface area contributed by atoms with E-state index in [1.807, 2.05) is 33.2 Å². The summed E-state index contributed by atoms with van der Waals surface area (Å²) in [5.41, 5.74) is 1.70. The lowest BCUT2D eigenvalue weighted by Gasteiger charge is -2.26. The van der Waals surface area contributed by atoms with Gasteiger partial charge in [0.1, 0.15) is 11.6 Å². The maximum absolute atomic E-state index is 12.6. The van der Waals surface area contributed by atoms with Crippen molar-refractivity contribution in [2.45, 2.75) is 59.4 Å². The van der Waals surface area contributed by atoms with Crippen molar-refractivity contribution in [3.63, 3.8) is 0 Å². The molecule has 26 heavy (non-hydrogen) atoms. The van der Waals surface area contributed by atoms with Crippen LogP contribution in [-0.2, 0) is 22.6 Å². The number of carbonyl (C=O) groups excluding carboxylic acids is 2. The van der Waals surface area contributed by atoms with E-state index >= 15 is 0 Å². The number of hydrogen-bond acceptors (Lipinski definition) is 4. The summed E-state index contributed by atoms with van der Waals surface area (Å²) in [5, 5.41) is 2.61. The van der Waals surface area contributed by atoms with Gasteiger partial charge in [-0.3, -0.25) is 4.79 Å². The molecular formula is C20H33N3O3. The molecular weight excluding hydrogens is 330 g/mol. The molecule has 0 aromatic heterocycles. The van der Waals surface area contributed by atoms with E-state index in [2.05, 4.69) is 22.3 Å². The van der Waals surface area contributed by atoms with E-state index in [0.29, 0.717) is 13.1 Å². The molecule has 2 amide bonds. The van der Waals surface area contributed by atoms with Crippen molar-refractivity contribution in [1.29, 1.82) is 0 Å². The third kappa shape index (κ3) is 7.87. The van der Waals surface area contributed by atoms with Crippen molar-refractivity contribution in [3.8, 4) is 0 Å². The van der Waals surface area contributed by atoms with Crippen LogP contribution in [-0.4, -0.2) is 54.1 Å².